The zero-order valence-corrected chi connectivity index (χ0v) is 16.5. The largest absolute Gasteiger partial charge is 0.313 e. The fourth-order valence-electron chi connectivity index (χ4n) is 4.01. The van der Waals surface area contributed by atoms with Crippen LogP contribution in [0, 0.1) is 13.8 Å². The Kier molecular flexibility index (Phi) is 7.27. The van der Waals surface area contributed by atoms with Crippen molar-refractivity contribution < 1.29 is 0 Å². The number of likely N-dealkylation sites (tertiary alicyclic amines) is 1. The number of rotatable bonds is 9. The minimum Gasteiger partial charge on any atom is -0.313 e. The normalized spacial score (nSPS) is 18.3. The van der Waals surface area contributed by atoms with Crippen LogP contribution < -0.4 is 5.32 Å². The maximum atomic E-state index is 4.55. The molecule has 1 aliphatic heterocycles. The third-order valence-electron chi connectivity index (χ3n) is 5.37. The molecule has 2 aromatic rings. The Morgan fingerprint density at radius 3 is 2.73 bits per heavy atom. The molecule has 1 unspecified atom stereocenters. The van der Waals surface area contributed by atoms with Gasteiger partial charge in [0.25, 0.3) is 0 Å². The van der Waals surface area contributed by atoms with Crippen molar-refractivity contribution in [3.63, 3.8) is 0 Å². The maximum absolute atomic E-state index is 4.55. The number of benzene rings is 1. The van der Waals surface area contributed by atoms with E-state index in [1.807, 2.05) is 0 Å². The molecule has 1 fully saturated rings. The molecule has 1 atom stereocenters. The predicted octanol–water partition coefficient (Wildman–Crippen LogP) is 3.58. The van der Waals surface area contributed by atoms with Gasteiger partial charge >= 0.3 is 0 Å². The van der Waals surface area contributed by atoms with Crippen LogP contribution in [0.4, 0.5) is 0 Å². The molecule has 4 heteroatoms. The quantitative estimate of drug-likeness (QED) is 0.699. The number of piperidine rings is 1. The third kappa shape index (κ3) is 5.96. The first-order chi connectivity index (χ1) is 12.7. The summed E-state index contributed by atoms with van der Waals surface area (Å²) in [7, 11) is 0. The third-order valence-corrected chi connectivity index (χ3v) is 5.37. The van der Waals surface area contributed by atoms with E-state index in [1.165, 1.54) is 56.6 Å². The molecule has 0 bridgehead atoms. The van der Waals surface area contributed by atoms with Crippen LogP contribution in [0.1, 0.15) is 42.6 Å². The summed E-state index contributed by atoms with van der Waals surface area (Å²) in [4.78, 5) is 2.64. The number of aryl methyl sites for hydroxylation is 4. The minimum atomic E-state index is 0.654. The van der Waals surface area contributed by atoms with Crippen molar-refractivity contribution in [3.05, 3.63) is 53.3 Å². The first-order valence-electron chi connectivity index (χ1n) is 10.2. The average Bonchev–Trinajstić information content (AvgIpc) is 2.97. The van der Waals surface area contributed by atoms with Crippen LogP contribution in [-0.2, 0) is 13.0 Å². The summed E-state index contributed by atoms with van der Waals surface area (Å²) in [6.45, 7) is 9.99. The van der Waals surface area contributed by atoms with Gasteiger partial charge in [-0.1, -0.05) is 30.3 Å². The van der Waals surface area contributed by atoms with E-state index < -0.39 is 0 Å². The second-order valence-corrected chi connectivity index (χ2v) is 7.69. The van der Waals surface area contributed by atoms with E-state index in [2.05, 4.69) is 70.2 Å². The van der Waals surface area contributed by atoms with Gasteiger partial charge in [0.05, 0.1) is 5.69 Å². The first-order valence-corrected chi connectivity index (χ1v) is 10.2. The van der Waals surface area contributed by atoms with Gasteiger partial charge in [0, 0.05) is 24.8 Å². The monoisotopic (exact) mass is 354 g/mol. The van der Waals surface area contributed by atoms with Gasteiger partial charge in [0.1, 0.15) is 0 Å². The highest BCUT2D eigenvalue weighted by Gasteiger charge is 2.18. The molecule has 142 valence electrons. The van der Waals surface area contributed by atoms with Crippen molar-refractivity contribution in [3.8, 4) is 0 Å². The summed E-state index contributed by atoms with van der Waals surface area (Å²) in [5, 5.41) is 8.32. The Hall–Kier alpha value is -1.65. The van der Waals surface area contributed by atoms with E-state index in [-0.39, 0.29) is 0 Å². The fourth-order valence-corrected chi connectivity index (χ4v) is 4.01. The lowest BCUT2D eigenvalue weighted by molar-refractivity contribution is 0.188. The van der Waals surface area contributed by atoms with Crippen LogP contribution in [0.2, 0.25) is 0 Å². The van der Waals surface area contributed by atoms with E-state index in [0.717, 1.165) is 25.2 Å². The molecule has 0 saturated carbocycles. The fraction of sp³-hybridized carbons (Fsp3) is 0.591. The molecule has 26 heavy (non-hydrogen) atoms. The molecule has 0 spiro atoms. The van der Waals surface area contributed by atoms with Crippen molar-refractivity contribution in [2.45, 2.75) is 58.5 Å². The summed E-state index contributed by atoms with van der Waals surface area (Å²) >= 11 is 0. The lowest BCUT2D eigenvalue weighted by atomic mass is 10.0. The van der Waals surface area contributed by atoms with Crippen LogP contribution in [0.3, 0.4) is 0 Å². The summed E-state index contributed by atoms with van der Waals surface area (Å²) in [6.07, 6.45) is 6.23. The molecule has 1 N–H and O–H groups in total. The average molecular weight is 355 g/mol. The molecule has 1 aliphatic rings. The predicted molar refractivity (Wildman–Crippen MR) is 109 cm³/mol. The lowest BCUT2D eigenvalue weighted by Gasteiger charge is -2.33. The van der Waals surface area contributed by atoms with Gasteiger partial charge < -0.3 is 10.2 Å². The Morgan fingerprint density at radius 2 is 1.96 bits per heavy atom. The highest BCUT2D eigenvalue weighted by atomic mass is 15.3. The highest BCUT2D eigenvalue weighted by molar-refractivity contribution is 5.14. The summed E-state index contributed by atoms with van der Waals surface area (Å²) < 4.78 is 2.13. The van der Waals surface area contributed by atoms with Gasteiger partial charge in [-0.2, -0.15) is 5.10 Å². The topological polar surface area (TPSA) is 33.1 Å². The highest BCUT2D eigenvalue weighted by Crippen LogP contribution is 2.12. The van der Waals surface area contributed by atoms with E-state index in [1.54, 1.807) is 0 Å². The van der Waals surface area contributed by atoms with Crippen LogP contribution in [0.5, 0.6) is 0 Å². The molecule has 1 aromatic heterocycles. The molecule has 1 aromatic carbocycles. The van der Waals surface area contributed by atoms with E-state index in [9.17, 15) is 0 Å². The van der Waals surface area contributed by atoms with Crippen LogP contribution >= 0.6 is 0 Å². The Bertz CT molecular complexity index is 649. The molecule has 3 rings (SSSR count). The van der Waals surface area contributed by atoms with Gasteiger partial charge in [-0.3, -0.25) is 4.68 Å². The molecular weight excluding hydrogens is 320 g/mol. The standard InChI is InChI=1S/C22H34N4/c1-19-17-20(2)26(24-19)16-8-13-23-22-12-7-15-25(18-22)14-6-11-21-9-4-3-5-10-21/h3-5,9-10,17,22-23H,6-8,11-16,18H2,1-2H3. The van der Waals surface area contributed by atoms with Crippen molar-refractivity contribution in [2.75, 3.05) is 26.2 Å². The van der Waals surface area contributed by atoms with E-state index in [0.29, 0.717) is 6.04 Å². The van der Waals surface area contributed by atoms with Crippen molar-refractivity contribution in [1.29, 1.82) is 0 Å². The molecule has 4 nitrogen and oxygen atoms in total. The summed E-state index contributed by atoms with van der Waals surface area (Å²) in [5.41, 5.74) is 3.85. The smallest absolute Gasteiger partial charge is 0.0596 e. The van der Waals surface area contributed by atoms with Crippen molar-refractivity contribution in [1.82, 2.24) is 20.0 Å². The minimum absolute atomic E-state index is 0.654. The molecular formula is C22H34N4. The second kappa shape index (κ2) is 9.89. The lowest BCUT2D eigenvalue weighted by Crippen LogP contribution is -2.46. The van der Waals surface area contributed by atoms with Crippen LogP contribution in [0.25, 0.3) is 0 Å². The number of nitrogens with one attached hydrogen (secondary N) is 1. The molecule has 2 heterocycles. The van der Waals surface area contributed by atoms with Gasteiger partial charge in [0.2, 0.25) is 0 Å². The van der Waals surface area contributed by atoms with E-state index in [4.69, 9.17) is 0 Å². The molecule has 1 saturated heterocycles. The second-order valence-electron chi connectivity index (χ2n) is 7.69. The molecule has 0 aliphatic carbocycles. The number of hydrogen-bond acceptors (Lipinski definition) is 3. The maximum Gasteiger partial charge on any atom is 0.0596 e. The zero-order valence-electron chi connectivity index (χ0n) is 16.5. The summed E-state index contributed by atoms with van der Waals surface area (Å²) in [6, 6.07) is 13.7. The SMILES string of the molecule is Cc1cc(C)n(CCCNC2CCCN(CCCc3ccccc3)C2)n1. The summed E-state index contributed by atoms with van der Waals surface area (Å²) in [5.74, 6) is 0. The first kappa shape index (κ1) is 19.1. The Balaban J connectivity index is 1.31. The van der Waals surface area contributed by atoms with Crippen molar-refractivity contribution >= 4 is 0 Å². The van der Waals surface area contributed by atoms with Crippen LogP contribution in [0.15, 0.2) is 36.4 Å². The Labute approximate surface area is 158 Å². The van der Waals surface area contributed by atoms with Crippen LogP contribution in [-0.4, -0.2) is 46.9 Å². The Morgan fingerprint density at radius 1 is 1.12 bits per heavy atom. The zero-order chi connectivity index (χ0) is 18.2. The van der Waals surface area contributed by atoms with Gasteiger partial charge in [-0.25, -0.2) is 0 Å². The number of aromatic nitrogens is 2. The number of hydrogen-bond donors (Lipinski definition) is 1. The van der Waals surface area contributed by atoms with Crippen molar-refractivity contribution in [2.24, 2.45) is 0 Å². The van der Waals surface area contributed by atoms with E-state index >= 15 is 0 Å². The molecule has 0 radical (unpaired) electrons. The van der Waals surface area contributed by atoms with Gasteiger partial charge in [-0.05, 0) is 77.2 Å². The molecule has 0 amide bonds. The number of nitrogens with zero attached hydrogens (tertiary/aromatic N) is 3. The van der Waals surface area contributed by atoms with Gasteiger partial charge in [-0.15, -0.1) is 0 Å². The van der Waals surface area contributed by atoms with Gasteiger partial charge in [0.15, 0.2) is 0 Å².